The molecular formula is C27H24FN5O2. The van der Waals surface area contributed by atoms with E-state index in [4.69, 9.17) is 5.26 Å². The van der Waals surface area contributed by atoms with Gasteiger partial charge < -0.3 is 14.6 Å². The Morgan fingerprint density at radius 3 is 2.74 bits per heavy atom. The van der Waals surface area contributed by atoms with Gasteiger partial charge in [-0.1, -0.05) is 24.3 Å². The fourth-order valence-electron chi connectivity index (χ4n) is 4.57. The van der Waals surface area contributed by atoms with Crippen LogP contribution in [0, 0.1) is 24.1 Å². The second-order valence-corrected chi connectivity index (χ2v) is 8.77. The number of amides is 1. The summed E-state index contributed by atoms with van der Waals surface area (Å²) in [6.45, 7) is 4.36. The fraction of sp³-hybridized carbons (Fsp3) is 0.222. The molecule has 1 aromatic heterocycles. The molecule has 0 aliphatic carbocycles. The van der Waals surface area contributed by atoms with Gasteiger partial charge in [0.25, 0.3) is 0 Å². The van der Waals surface area contributed by atoms with E-state index in [1.165, 1.54) is 12.1 Å². The van der Waals surface area contributed by atoms with Crippen LogP contribution in [0.1, 0.15) is 22.6 Å². The predicted octanol–water partition coefficient (Wildman–Crippen LogP) is 3.96. The number of benzene rings is 3. The lowest BCUT2D eigenvalue weighted by Crippen LogP contribution is -2.50. The number of aromatic hydroxyl groups is 1. The fourth-order valence-corrected chi connectivity index (χ4v) is 4.57. The largest absolute Gasteiger partial charge is 0.508 e. The summed E-state index contributed by atoms with van der Waals surface area (Å²) in [5.74, 6) is 0.438. The van der Waals surface area contributed by atoms with Crippen LogP contribution in [-0.4, -0.2) is 45.1 Å². The number of aromatic nitrogens is 2. The Labute approximate surface area is 202 Å². The van der Waals surface area contributed by atoms with E-state index in [1.807, 2.05) is 48.0 Å². The first-order chi connectivity index (χ1) is 16.9. The molecule has 0 saturated carbocycles. The number of imidazole rings is 1. The first-order valence-corrected chi connectivity index (χ1v) is 11.4. The third-order valence-corrected chi connectivity index (χ3v) is 6.35. The molecule has 0 radical (unpaired) electrons. The maximum absolute atomic E-state index is 14.0. The molecule has 8 heteroatoms. The summed E-state index contributed by atoms with van der Waals surface area (Å²) in [6.07, 6.45) is 1.93. The molecule has 1 aliphatic heterocycles. The van der Waals surface area contributed by atoms with E-state index in [0.717, 1.165) is 33.5 Å². The molecule has 35 heavy (non-hydrogen) atoms. The van der Waals surface area contributed by atoms with Gasteiger partial charge in [0.2, 0.25) is 5.91 Å². The van der Waals surface area contributed by atoms with Gasteiger partial charge in [-0.3, -0.25) is 9.69 Å². The second-order valence-electron chi connectivity index (χ2n) is 8.77. The Morgan fingerprint density at radius 2 is 1.97 bits per heavy atom. The highest BCUT2D eigenvalue weighted by molar-refractivity contribution is 6.05. The smallest absolute Gasteiger partial charge is 0.241 e. The number of piperazine rings is 1. The molecule has 4 aromatic rings. The highest BCUT2D eigenvalue weighted by Gasteiger charge is 2.26. The normalized spacial score (nSPS) is 14.4. The van der Waals surface area contributed by atoms with Gasteiger partial charge in [-0.15, -0.1) is 0 Å². The number of anilines is 1. The minimum atomic E-state index is -0.527. The summed E-state index contributed by atoms with van der Waals surface area (Å²) in [4.78, 5) is 21.5. The molecule has 1 amide bonds. The van der Waals surface area contributed by atoms with E-state index >= 15 is 0 Å². The lowest BCUT2D eigenvalue weighted by molar-refractivity contribution is -0.121. The van der Waals surface area contributed by atoms with Crippen LogP contribution >= 0.6 is 0 Å². The molecule has 2 heterocycles. The minimum absolute atomic E-state index is 0.00342. The molecule has 1 aliphatic rings. The van der Waals surface area contributed by atoms with Crippen molar-refractivity contribution in [2.24, 2.45) is 0 Å². The van der Waals surface area contributed by atoms with Crippen LogP contribution in [0.15, 0.2) is 60.8 Å². The Kier molecular flexibility index (Phi) is 5.93. The number of halogens is 1. The minimum Gasteiger partial charge on any atom is -0.508 e. The van der Waals surface area contributed by atoms with E-state index in [-0.39, 0.29) is 23.8 Å². The van der Waals surface area contributed by atoms with Crippen molar-refractivity contribution in [1.82, 2.24) is 14.5 Å². The zero-order valence-corrected chi connectivity index (χ0v) is 19.3. The van der Waals surface area contributed by atoms with Gasteiger partial charge in [-0.05, 0) is 48.2 Å². The molecule has 176 valence electrons. The number of rotatable bonds is 5. The first-order valence-electron chi connectivity index (χ1n) is 11.4. The van der Waals surface area contributed by atoms with Crippen LogP contribution in [0.4, 0.5) is 10.1 Å². The number of aryl methyl sites for hydroxylation is 1. The van der Waals surface area contributed by atoms with E-state index in [2.05, 4.69) is 9.88 Å². The molecule has 0 spiro atoms. The van der Waals surface area contributed by atoms with Gasteiger partial charge in [-0.25, -0.2) is 9.37 Å². The van der Waals surface area contributed by atoms with Crippen molar-refractivity contribution in [2.45, 2.75) is 20.0 Å². The van der Waals surface area contributed by atoms with Gasteiger partial charge in [0.15, 0.2) is 0 Å². The van der Waals surface area contributed by atoms with E-state index in [1.54, 1.807) is 23.1 Å². The number of phenolic OH excluding ortho intramolecular Hbond substituents is 1. The molecule has 5 rings (SSSR count). The summed E-state index contributed by atoms with van der Waals surface area (Å²) < 4.78 is 15.9. The molecule has 0 atom stereocenters. The predicted molar refractivity (Wildman–Crippen MR) is 130 cm³/mol. The lowest BCUT2D eigenvalue weighted by Gasteiger charge is -2.34. The number of nitrogens with zero attached hydrogens (tertiary/aromatic N) is 5. The highest BCUT2D eigenvalue weighted by Crippen LogP contribution is 2.31. The van der Waals surface area contributed by atoms with Crippen molar-refractivity contribution in [3.63, 3.8) is 0 Å². The maximum Gasteiger partial charge on any atom is 0.241 e. The Bertz CT molecular complexity index is 1470. The summed E-state index contributed by atoms with van der Waals surface area (Å²) in [7, 11) is 0. The number of hydrogen-bond acceptors (Lipinski definition) is 5. The molecule has 1 saturated heterocycles. The van der Waals surface area contributed by atoms with Gasteiger partial charge in [0, 0.05) is 37.8 Å². The second kappa shape index (κ2) is 9.20. The zero-order chi connectivity index (χ0) is 24.5. The molecular weight excluding hydrogens is 445 g/mol. The van der Waals surface area contributed by atoms with Crippen molar-refractivity contribution in [1.29, 1.82) is 5.26 Å². The lowest BCUT2D eigenvalue weighted by atomic mass is 10.1. The SMILES string of the molecule is Cc1nc(CN2CCN(c3cccc4ccc(O)cc34)C(=O)C2)cn1Cc1ccc(C#N)c(F)c1. The number of phenols is 1. The Balaban J connectivity index is 1.27. The monoisotopic (exact) mass is 469 g/mol. The van der Waals surface area contributed by atoms with Gasteiger partial charge in [0.05, 0.1) is 23.5 Å². The van der Waals surface area contributed by atoms with Crippen LogP contribution in [0.3, 0.4) is 0 Å². The number of nitriles is 1. The zero-order valence-electron chi connectivity index (χ0n) is 19.3. The van der Waals surface area contributed by atoms with Gasteiger partial charge >= 0.3 is 0 Å². The number of fused-ring (bicyclic) bond motifs is 1. The van der Waals surface area contributed by atoms with Crippen molar-refractivity contribution in [3.8, 4) is 11.8 Å². The van der Waals surface area contributed by atoms with E-state index < -0.39 is 5.82 Å². The van der Waals surface area contributed by atoms with Gasteiger partial charge in [0.1, 0.15) is 23.5 Å². The molecule has 3 aromatic carbocycles. The van der Waals surface area contributed by atoms with Crippen LogP contribution in [-0.2, 0) is 17.9 Å². The van der Waals surface area contributed by atoms with E-state index in [0.29, 0.717) is 26.2 Å². The summed E-state index contributed by atoms with van der Waals surface area (Å²) in [5, 5.41) is 20.7. The Morgan fingerprint density at radius 1 is 1.11 bits per heavy atom. The van der Waals surface area contributed by atoms with Gasteiger partial charge in [-0.2, -0.15) is 5.26 Å². The average molecular weight is 470 g/mol. The third-order valence-electron chi connectivity index (χ3n) is 6.35. The van der Waals surface area contributed by atoms with Crippen LogP contribution in [0.25, 0.3) is 10.8 Å². The number of carbonyl (C=O) groups is 1. The van der Waals surface area contributed by atoms with Crippen molar-refractivity contribution >= 4 is 22.4 Å². The molecule has 0 bridgehead atoms. The standard InChI is InChI=1S/C27H24FN5O2/c1-18-30-22(16-32(18)14-19-5-6-21(13-29)25(28)11-19)15-31-9-10-33(27(35)17-31)26-4-2-3-20-7-8-23(34)12-24(20)26/h2-8,11-12,16,34H,9-10,14-15,17H2,1H3. The van der Waals surface area contributed by atoms with Crippen molar-refractivity contribution < 1.29 is 14.3 Å². The first kappa shape index (κ1) is 22.6. The van der Waals surface area contributed by atoms with E-state index in [9.17, 15) is 14.3 Å². The molecule has 1 fully saturated rings. The summed E-state index contributed by atoms with van der Waals surface area (Å²) >= 11 is 0. The quantitative estimate of drug-likeness (QED) is 0.478. The number of carbonyl (C=O) groups excluding carboxylic acids is 1. The summed E-state index contributed by atoms with van der Waals surface area (Å²) in [5.41, 5.74) is 2.42. The molecule has 0 unspecified atom stereocenters. The van der Waals surface area contributed by atoms with Crippen LogP contribution < -0.4 is 4.90 Å². The molecule has 7 nitrogen and oxygen atoms in total. The summed E-state index contributed by atoms with van der Waals surface area (Å²) in [6, 6.07) is 17.4. The molecule has 1 N–H and O–H groups in total. The van der Waals surface area contributed by atoms with Crippen molar-refractivity contribution in [2.75, 3.05) is 24.5 Å². The van der Waals surface area contributed by atoms with Crippen molar-refractivity contribution in [3.05, 3.63) is 89.3 Å². The van der Waals surface area contributed by atoms with Crippen LogP contribution in [0.5, 0.6) is 5.75 Å². The van der Waals surface area contributed by atoms with Crippen LogP contribution in [0.2, 0.25) is 0 Å². The third kappa shape index (κ3) is 4.59. The Hall–Kier alpha value is -4.22. The topological polar surface area (TPSA) is 85.4 Å². The highest BCUT2D eigenvalue weighted by atomic mass is 19.1. The maximum atomic E-state index is 14.0. The number of hydrogen-bond donors (Lipinski definition) is 1. The average Bonchev–Trinajstić information content (AvgIpc) is 3.17.